The second-order valence-corrected chi connectivity index (χ2v) is 3.29. The molecule has 10 heavy (non-hydrogen) atoms. The molecule has 0 radical (unpaired) electrons. The summed E-state index contributed by atoms with van der Waals surface area (Å²) in [6.07, 6.45) is 7.52. The van der Waals surface area contributed by atoms with Crippen molar-refractivity contribution in [3.8, 4) is 0 Å². The van der Waals surface area contributed by atoms with Crippen molar-refractivity contribution in [3.05, 3.63) is 29.5 Å². The number of hydrogen-bond donors (Lipinski definition) is 0. The van der Waals surface area contributed by atoms with Crippen molar-refractivity contribution >= 4 is 0 Å². The lowest BCUT2D eigenvalue weighted by atomic mass is 9.99. The van der Waals surface area contributed by atoms with Crippen molar-refractivity contribution in [2.75, 3.05) is 0 Å². The Labute approximate surface area is 61.9 Å². The molecule has 0 amide bonds. The monoisotopic (exact) mass is 132 g/mol. The zero-order valence-corrected chi connectivity index (χ0v) is 6.19. The fraction of sp³-hybridized carbons (Fsp3) is 0.500. The Balaban J connectivity index is 2.30. The van der Waals surface area contributed by atoms with E-state index in [2.05, 4.69) is 18.4 Å². The summed E-state index contributed by atoms with van der Waals surface area (Å²) in [5.74, 6) is 0.981. The zero-order valence-electron chi connectivity index (χ0n) is 6.19. The molecule has 0 heterocycles. The van der Waals surface area contributed by atoms with Crippen molar-refractivity contribution < 1.29 is 0 Å². The van der Waals surface area contributed by atoms with Crippen molar-refractivity contribution in [2.24, 2.45) is 5.92 Å². The van der Waals surface area contributed by atoms with Gasteiger partial charge in [0, 0.05) is 0 Å². The average Bonchev–Trinajstić information content (AvgIpc) is 2.48. The van der Waals surface area contributed by atoms with E-state index in [0.29, 0.717) is 0 Å². The highest BCUT2D eigenvalue weighted by molar-refractivity contribution is 5.33. The van der Waals surface area contributed by atoms with Gasteiger partial charge in [0.15, 0.2) is 0 Å². The molecule has 0 saturated heterocycles. The third-order valence-corrected chi connectivity index (χ3v) is 2.63. The molecular formula is C10H12. The molecule has 2 bridgehead atoms. The molecular weight excluding hydrogens is 120 g/mol. The Kier molecular flexibility index (Phi) is 1.28. The Morgan fingerprint density at radius 2 is 2.40 bits per heavy atom. The normalized spacial score (nSPS) is 29.0. The van der Waals surface area contributed by atoms with Crippen LogP contribution in [0.1, 0.15) is 25.7 Å². The van der Waals surface area contributed by atoms with Crippen LogP contribution in [0.4, 0.5) is 0 Å². The van der Waals surface area contributed by atoms with Gasteiger partial charge >= 0.3 is 0 Å². The molecule has 0 aromatic carbocycles. The molecule has 1 saturated carbocycles. The van der Waals surface area contributed by atoms with Gasteiger partial charge in [0.25, 0.3) is 0 Å². The summed E-state index contributed by atoms with van der Waals surface area (Å²) in [5.41, 5.74) is 6.08. The van der Waals surface area contributed by atoms with Crippen LogP contribution < -0.4 is 0 Å². The SMILES string of the molecule is C=C=CC1=C2CCC(C1)C2. The van der Waals surface area contributed by atoms with Gasteiger partial charge in [-0.1, -0.05) is 12.2 Å². The van der Waals surface area contributed by atoms with Crippen LogP contribution >= 0.6 is 0 Å². The first kappa shape index (κ1) is 6.00. The topological polar surface area (TPSA) is 0 Å². The van der Waals surface area contributed by atoms with Crippen LogP contribution in [0.2, 0.25) is 0 Å². The first-order valence-electron chi connectivity index (χ1n) is 3.97. The first-order valence-corrected chi connectivity index (χ1v) is 3.97. The summed E-state index contributed by atoms with van der Waals surface area (Å²) in [7, 11) is 0. The number of hydrogen-bond acceptors (Lipinski definition) is 0. The summed E-state index contributed by atoms with van der Waals surface area (Å²) < 4.78 is 0. The molecule has 2 aliphatic rings. The molecule has 1 unspecified atom stereocenters. The van der Waals surface area contributed by atoms with E-state index < -0.39 is 0 Å². The standard InChI is InChI=1S/C10H12/c1-2-3-9-6-8-4-5-10(9)7-8/h3,8H,1,4-7H2. The molecule has 0 N–H and O–H groups in total. The zero-order chi connectivity index (χ0) is 6.97. The first-order chi connectivity index (χ1) is 4.90. The quantitative estimate of drug-likeness (QED) is 0.481. The molecule has 0 spiro atoms. The van der Waals surface area contributed by atoms with Crippen LogP contribution in [0.25, 0.3) is 0 Å². The minimum atomic E-state index is 0.981. The van der Waals surface area contributed by atoms with E-state index >= 15 is 0 Å². The van der Waals surface area contributed by atoms with Gasteiger partial charge in [-0.15, -0.1) is 5.73 Å². The van der Waals surface area contributed by atoms with E-state index in [1.165, 1.54) is 31.3 Å². The van der Waals surface area contributed by atoms with Gasteiger partial charge in [-0.2, -0.15) is 0 Å². The molecule has 52 valence electrons. The van der Waals surface area contributed by atoms with Gasteiger partial charge < -0.3 is 0 Å². The molecule has 0 heteroatoms. The van der Waals surface area contributed by atoms with Gasteiger partial charge in [-0.3, -0.25) is 0 Å². The highest BCUT2D eigenvalue weighted by atomic mass is 14.3. The summed E-state index contributed by atoms with van der Waals surface area (Å²) >= 11 is 0. The molecule has 0 aromatic heterocycles. The van der Waals surface area contributed by atoms with Gasteiger partial charge in [0.2, 0.25) is 0 Å². The smallest absolute Gasteiger partial charge is 0.0174 e. The maximum atomic E-state index is 3.59. The van der Waals surface area contributed by atoms with E-state index in [1.807, 2.05) is 0 Å². The van der Waals surface area contributed by atoms with Crippen molar-refractivity contribution in [2.45, 2.75) is 25.7 Å². The fourth-order valence-electron chi connectivity index (χ4n) is 2.14. The summed E-state index contributed by atoms with van der Waals surface area (Å²) in [4.78, 5) is 0. The second kappa shape index (κ2) is 2.14. The van der Waals surface area contributed by atoms with E-state index in [9.17, 15) is 0 Å². The highest BCUT2D eigenvalue weighted by Gasteiger charge is 2.28. The summed E-state index contributed by atoms with van der Waals surface area (Å²) in [6, 6.07) is 0. The molecule has 2 aliphatic carbocycles. The van der Waals surface area contributed by atoms with Gasteiger partial charge in [0.05, 0.1) is 0 Å². The largest absolute Gasteiger partial charge is 0.128 e. The minimum Gasteiger partial charge on any atom is -0.128 e. The van der Waals surface area contributed by atoms with Crippen LogP contribution in [0, 0.1) is 5.92 Å². The maximum Gasteiger partial charge on any atom is -0.0174 e. The maximum absolute atomic E-state index is 3.59. The third kappa shape index (κ3) is 0.767. The molecule has 1 fully saturated rings. The van der Waals surface area contributed by atoms with E-state index in [4.69, 9.17) is 0 Å². The summed E-state index contributed by atoms with van der Waals surface area (Å²) in [5, 5.41) is 0. The lowest BCUT2D eigenvalue weighted by molar-refractivity contribution is 0.568. The fourth-order valence-corrected chi connectivity index (χ4v) is 2.14. The van der Waals surface area contributed by atoms with Crippen LogP contribution in [0.3, 0.4) is 0 Å². The Hall–Kier alpha value is -0.740. The number of fused-ring (bicyclic) bond motifs is 2. The van der Waals surface area contributed by atoms with Crippen molar-refractivity contribution in [3.63, 3.8) is 0 Å². The molecule has 0 aliphatic heterocycles. The molecule has 0 aromatic rings. The lowest BCUT2D eigenvalue weighted by Crippen LogP contribution is -1.91. The number of rotatable bonds is 1. The van der Waals surface area contributed by atoms with Gasteiger partial charge in [-0.05, 0) is 43.3 Å². The van der Waals surface area contributed by atoms with Gasteiger partial charge in [-0.25, -0.2) is 0 Å². The van der Waals surface area contributed by atoms with Crippen LogP contribution in [0.15, 0.2) is 29.5 Å². The highest BCUT2D eigenvalue weighted by Crippen LogP contribution is 2.44. The Bertz CT molecular complexity index is 226. The third-order valence-electron chi connectivity index (χ3n) is 2.63. The molecule has 0 nitrogen and oxygen atoms in total. The lowest BCUT2D eigenvalue weighted by Gasteiger charge is -2.06. The van der Waals surface area contributed by atoms with Crippen molar-refractivity contribution in [1.29, 1.82) is 0 Å². The average molecular weight is 132 g/mol. The van der Waals surface area contributed by atoms with Crippen LogP contribution in [-0.2, 0) is 0 Å². The van der Waals surface area contributed by atoms with Gasteiger partial charge in [0.1, 0.15) is 0 Å². The Morgan fingerprint density at radius 1 is 1.50 bits per heavy atom. The minimum absolute atomic E-state index is 0.981. The van der Waals surface area contributed by atoms with Crippen LogP contribution in [0.5, 0.6) is 0 Å². The van der Waals surface area contributed by atoms with E-state index in [-0.39, 0.29) is 0 Å². The molecule has 1 atom stereocenters. The number of allylic oxidation sites excluding steroid dienone is 3. The second-order valence-electron chi connectivity index (χ2n) is 3.29. The predicted molar refractivity (Wildman–Crippen MR) is 42.7 cm³/mol. The van der Waals surface area contributed by atoms with E-state index in [0.717, 1.165) is 5.92 Å². The Morgan fingerprint density at radius 3 is 2.90 bits per heavy atom. The van der Waals surface area contributed by atoms with Crippen molar-refractivity contribution in [1.82, 2.24) is 0 Å². The van der Waals surface area contributed by atoms with E-state index in [1.54, 1.807) is 5.57 Å². The summed E-state index contributed by atoms with van der Waals surface area (Å²) in [6.45, 7) is 3.59. The molecule has 2 rings (SSSR count). The van der Waals surface area contributed by atoms with Crippen LogP contribution in [-0.4, -0.2) is 0 Å². The predicted octanol–water partition coefficient (Wildman–Crippen LogP) is 2.83.